The molecule has 2 N–H and O–H groups in total. The highest BCUT2D eigenvalue weighted by Gasteiger charge is 2.22. The highest BCUT2D eigenvalue weighted by Crippen LogP contribution is 2.31. The minimum atomic E-state index is -0.299. The van der Waals surface area contributed by atoms with Crippen molar-refractivity contribution in [1.82, 2.24) is 19.5 Å². The largest absolute Gasteiger partial charge is 0.479 e. The number of benzene rings is 1. The van der Waals surface area contributed by atoms with Crippen LogP contribution in [0.5, 0.6) is 6.01 Å². The first-order valence-electron chi connectivity index (χ1n) is 7.29. The smallest absolute Gasteiger partial charge is 0.318 e. The molecular formula is C15H14BrN5O2. The number of hydrogen-bond donors (Lipinski definition) is 2. The quantitative estimate of drug-likeness (QED) is 0.729. The van der Waals surface area contributed by atoms with E-state index < -0.39 is 0 Å². The highest BCUT2D eigenvalue weighted by molar-refractivity contribution is 9.10. The van der Waals surface area contributed by atoms with Gasteiger partial charge in [0.05, 0.1) is 12.0 Å². The molecule has 0 amide bonds. The summed E-state index contributed by atoms with van der Waals surface area (Å²) in [5.74, 6) is 0.455. The van der Waals surface area contributed by atoms with Gasteiger partial charge in [0.25, 0.3) is 0 Å². The molecule has 0 aliphatic carbocycles. The fourth-order valence-electron chi connectivity index (χ4n) is 2.67. The summed E-state index contributed by atoms with van der Waals surface area (Å²) < 4.78 is 8.41. The van der Waals surface area contributed by atoms with Crippen molar-refractivity contribution >= 4 is 38.6 Å². The molecule has 8 heteroatoms. The number of fused-ring (bicyclic) bond motifs is 1. The normalized spacial score (nSPS) is 17.7. The maximum atomic E-state index is 9.89. The summed E-state index contributed by atoms with van der Waals surface area (Å²) in [5.41, 5.74) is 1.98. The standard InChI is InChI=1S/C15H14BrN5O2/c16-9-4-1-2-5-10(9)18-13-12-14(20-15(22)19-13)21(8-17-12)11-6-3-7-23-11/h1-2,4-5,8,11H,3,6-7H2,(H2,18,19,20,22). The molecular weight excluding hydrogens is 362 g/mol. The third-order valence-electron chi connectivity index (χ3n) is 3.75. The summed E-state index contributed by atoms with van der Waals surface area (Å²) in [6.07, 6.45) is 3.50. The van der Waals surface area contributed by atoms with Crippen molar-refractivity contribution in [1.29, 1.82) is 0 Å². The van der Waals surface area contributed by atoms with Gasteiger partial charge in [-0.15, -0.1) is 0 Å². The zero-order chi connectivity index (χ0) is 15.8. The molecule has 1 fully saturated rings. The topological polar surface area (TPSA) is 85.1 Å². The number of para-hydroxylation sites is 1. The number of ether oxygens (including phenoxy) is 1. The molecule has 7 nitrogen and oxygen atoms in total. The number of aromatic nitrogens is 4. The number of imidazole rings is 1. The summed E-state index contributed by atoms with van der Waals surface area (Å²) in [6, 6.07) is 7.37. The van der Waals surface area contributed by atoms with Crippen molar-refractivity contribution < 1.29 is 9.84 Å². The number of nitrogens with zero attached hydrogens (tertiary/aromatic N) is 4. The van der Waals surface area contributed by atoms with Gasteiger partial charge in [-0.3, -0.25) is 4.57 Å². The number of nitrogens with one attached hydrogen (secondary N) is 1. The average molecular weight is 376 g/mol. The molecule has 4 rings (SSSR count). The van der Waals surface area contributed by atoms with E-state index in [2.05, 4.69) is 36.2 Å². The van der Waals surface area contributed by atoms with Crippen LogP contribution in [0.25, 0.3) is 11.2 Å². The highest BCUT2D eigenvalue weighted by atomic mass is 79.9. The Bertz CT molecular complexity index is 860. The van der Waals surface area contributed by atoms with Crippen LogP contribution in [0.4, 0.5) is 11.5 Å². The molecule has 23 heavy (non-hydrogen) atoms. The monoisotopic (exact) mass is 375 g/mol. The van der Waals surface area contributed by atoms with E-state index in [4.69, 9.17) is 4.74 Å². The molecule has 0 saturated carbocycles. The van der Waals surface area contributed by atoms with Crippen LogP contribution in [0.3, 0.4) is 0 Å². The van der Waals surface area contributed by atoms with Gasteiger partial charge in [-0.1, -0.05) is 12.1 Å². The molecule has 0 bridgehead atoms. The van der Waals surface area contributed by atoms with Gasteiger partial charge >= 0.3 is 6.01 Å². The molecule has 2 aromatic heterocycles. The second-order valence-corrected chi connectivity index (χ2v) is 6.12. The Morgan fingerprint density at radius 3 is 2.96 bits per heavy atom. The zero-order valence-electron chi connectivity index (χ0n) is 12.1. The molecule has 3 heterocycles. The lowest BCUT2D eigenvalue weighted by Gasteiger charge is -2.12. The number of aromatic hydroxyl groups is 1. The van der Waals surface area contributed by atoms with E-state index in [0.29, 0.717) is 17.0 Å². The van der Waals surface area contributed by atoms with Crippen molar-refractivity contribution in [2.24, 2.45) is 0 Å². The Labute approximate surface area is 140 Å². The zero-order valence-corrected chi connectivity index (χ0v) is 13.7. The third kappa shape index (κ3) is 2.64. The predicted octanol–water partition coefficient (Wildman–Crippen LogP) is 3.35. The molecule has 1 atom stereocenters. The van der Waals surface area contributed by atoms with Crippen LogP contribution in [0, 0.1) is 0 Å². The van der Waals surface area contributed by atoms with Crippen LogP contribution in [0.1, 0.15) is 19.1 Å². The maximum Gasteiger partial charge on any atom is 0.318 e. The molecule has 0 radical (unpaired) electrons. The summed E-state index contributed by atoms with van der Waals surface area (Å²) in [5, 5.41) is 13.1. The molecule has 1 aliphatic rings. The number of anilines is 2. The Kier molecular flexibility index (Phi) is 3.62. The fourth-order valence-corrected chi connectivity index (χ4v) is 3.06. The molecule has 1 aliphatic heterocycles. The Morgan fingerprint density at radius 2 is 2.17 bits per heavy atom. The van der Waals surface area contributed by atoms with Gasteiger partial charge < -0.3 is 15.2 Å². The number of halogens is 1. The van der Waals surface area contributed by atoms with E-state index in [0.717, 1.165) is 29.6 Å². The first-order valence-corrected chi connectivity index (χ1v) is 8.08. The Morgan fingerprint density at radius 1 is 1.30 bits per heavy atom. The van der Waals surface area contributed by atoms with E-state index in [-0.39, 0.29) is 12.2 Å². The van der Waals surface area contributed by atoms with Crippen molar-refractivity contribution in [2.75, 3.05) is 11.9 Å². The van der Waals surface area contributed by atoms with Gasteiger partial charge in [0, 0.05) is 11.1 Å². The Hall–Kier alpha value is -2.19. The summed E-state index contributed by atoms with van der Waals surface area (Å²) in [4.78, 5) is 12.6. The van der Waals surface area contributed by atoms with E-state index in [1.54, 1.807) is 6.33 Å². The minimum absolute atomic E-state index is 0.0920. The number of hydrogen-bond acceptors (Lipinski definition) is 6. The molecule has 1 aromatic carbocycles. The second kappa shape index (κ2) is 5.78. The van der Waals surface area contributed by atoms with Crippen molar-refractivity contribution in [3.8, 4) is 6.01 Å². The number of rotatable bonds is 3. The van der Waals surface area contributed by atoms with Crippen LogP contribution < -0.4 is 5.32 Å². The summed E-state index contributed by atoms with van der Waals surface area (Å²) in [6.45, 7) is 0.726. The van der Waals surface area contributed by atoms with Crippen LogP contribution in [-0.2, 0) is 4.74 Å². The van der Waals surface area contributed by atoms with Gasteiger partial charge in [0.2, 0.25) is 0 Å². The van der Waals surface area contributed by atoms with E-state index >= 15 is 0 Å². The summed E-state index contributed by atoms with van der Waals surface area (Å²) >= 11 is 3.48. The first-order chi connectivity index (χ1) is 11.2. The van der Waals surface area contributed by atoms with Crippen LogP contribution >= 0.6 is 15.9 Å². The van der Waals surface area contributed by atoms with Crippen molar-refractivity contribution in [3.63, 3.8) is 0 Å². The van der Waals surface area contributed by atoms with Gasteiger partial charge in [0.1, 0.15) is 6.23 Å². The van der Waals surface area contributed by atoms with Crippen LogP contribution in [0.2, 0.25) is 0 Å². The molecule has 118 valence electrons. The van der Waals surface area contributed by atoms with Crippen LogP contribution in [-0.4, -0.2) is 31.2 Å². The maximum absolute atomic E-state index is 9.89. The van der Waals surface area contributed by atoms with Crippen molar-refractivity contribution in [2.45, 2.75) is 19.1 Å². The molecule has 3 aromatic rings. The lowest BCUT2D eigenvalue weighted by molar-refractivity contribution is 0.0592. The van der Waals surface area contributed by atoms with Crippen molar-refractivity contribution in [3.05, 3.63) is 35.1 Å². The van der Waals surface area contributed by atoms with Crippen LogP contribution in [0.15, 0.2) is 35.1 Å². The molecule has 1 unspecified atom stereocenters. The fraction of sp³-hybridized carbons (Fsp3) is 0.267. The van der Waals surface area contributed by atoms with Gasteiger partial charge in [-0.2, -0.15) is 9.97 Å². The van der Waals surface area contributed by atoms with Gasteiger partial charge in [-0.25, -0.2) is 4.98 Å². The summed E-state index contributed by atoms with van der Waals surface area (Å²) in [7, 11) is 0. The predicted molar refractivity (Wildman–Crippen MR) is 88.6 cm³/mol. The molecule has 0 spiro atoms. The van der Waals surface area contributed by atoms with E-state index in [1.807, 2.05) is 28.8 Å². The minimum Gasteiger partial charge on any atom is -0.479 e. The second-order valence-electron chi connectivity index (χ2n) is 5.27. The first kappa shape index (κ1) is 14.4. The Balaban J connectivity index is 1.79. The lowest BCUT2D eigenvalue weighted by Crippen LogP contribution is -2.07. The molecule has 1 saturated heterocycles. The lowest BCUT2D eigenvalue weighted by atomic mass is 10.3. The average Bonchev–Trinajstić information content (AvgIpc) is 3.18. The van der Waals surface area contributed by atoms with Gasteiger partial charge in [0.15, 0.2) is 17.0 Å². The van der Waals surface area contributed by atoms with E-state index in [9.17, 15) is 5.11 Å². The SMILES string of the molecule is Oc1nc(Nc2ccccc2Br)c2ncn(C3CCCO3)c2n1. The third-order valence-corrected chi connectivity index (χ3v) is 4.44. The van der Waals surface area contributed by atoms with E-state index in [1.165, 1.54) is 0 Å². The van der Waals surface area contributed by atoms with Gasteiger partial charge in [-0.05, 0) is 40.9 Å².